The van der Waals surface area contributed by atoms with Crippen molar-refractivity contribution >= 4 is 17.2 Å². The van der Waals surface area contributed by atoms with E-state index in [1.165, 1.54) is 12.3 Å². The summed E-state index contributed by atoms with van der Waals surface area (Å²) in [6.45, 7) is 2.44. The van der Waals surface area contributed by atoms with Crippen LogP contribution in [0, 0.1) is 0 Å². The van der Waals surface area contributed by atoms with Crippen molar-refractivity contribution in [2.45, 2.75) is 12.8 Å². The first-order valence-corrected chi connectivity index (χ1v) is 6.38. The van der Waals surface area contributed by atoms with Gasteiger partial charge in [0.2, 0.25) is 0 Å². The van der Waals surface area contributed by atoms with Crippen LogP contribution >= 0.6 is 11.3 Å². The largest absolute Gasteiger partial charge is 0.505 e. The van der Waals surface area contributed by atoms with Crippen LogP contribution in [0.5, 0.6) is 5.75 Å². The van der Waals surface area contributed by atoms with Gasteiger partial charge in [0.25, 0.3) is 5.91 Å². The maximum atomic E-state index is 11.8. The Morgan fingerprint density at radius 3 is 3.00 bits per heavy atom. The van der Waals surface area contributed by atoms with Crippen molar-refractivity contribution in [3.8, 4) is 5.75 Å². The Hall–Kier alpha value is -1.95. The Labute approximate surface area is 109 Å². The molecule has 0 saturated carbocycles. The summed E-state index contributed by atoms with van der Waals surface area (Å²) in [6, 6.07) is 3.01. The van der Waals surface area contributed by atoms with E-state index in [1.54, 1.807) is 23.6 Å². The average Bonchev–Trinajstić information content (AvgIpc) is 2.90. The summed E-state index contributed by atoms with van der Waals surface area (Å²) in [4.78, 5) is 19.8. The average molecular weight is 263 g/mol. The van der Waals surface area contributed by atoms with Gasteiger partial charge in [-0.05, 0) is 12.1 Å². The van der Waals surface area contributed by atoms with Gasteiger partial charge in [-0.1, -0.05) is 6.92 Å². The van der Waals surface area contributed by atoms with E-state index in [9.17, 15) is 9.90 Å². The van der Waals surface area contributed by atoms with Gasteiger partial charge in [0, 0.05) is 30.2 Å². The van der Waals surface area contributed by atoms with E-state index in [0.29, 0.717) is 6.54 Å². The first-order valence-electron chi connectivity index (χ1n) is 5.50. The van der Waals surface area contributed by atoms with Crippen molar-refractivity contribution in [2.75, 3.05) is 6.54 Å². The highest BCUT2D eigenvalue weighted by atomic mass is 32.1. The highest BCUT2D eigenvalue weighted by molar-refractivity contribution is 7.09. The molecular formula is C12H13N3O2S. The number of carbonyl (C=O) groups is 1. The molecule has 0 aliphatic carbocycles. The summed E-state index contributed by atoms with van der Waals surface area (Å²) in [5.74, 6) is -0.354. The second-order valence-electron chi connectivity index (χ2n) is 3.85. The summed E-state index contributed by atoms with van der Waals surface area (Å²) >= 11 is 1.55. The molecule has 6 heteroatoms. The molecule has 2 heterocycles. The third kappa shape index (κ3) is 2.84. The fourth-order valence-corrected chi connectivity index (χ4v) is 2.16. The van der Waals surface area contributed by atoms with Crippen LogP contribution in [-0.2, 0) is 0 Å². The number of carbonyl (C=O) groups excluding carboxylic acids is 1. The fraction of sp³-hybridized carbons (Fsp3) is 0.250. The number of hydrogen-bond donors (Lipinski definition) is 2. The zero-order valence-corrected chi connectivity index (χ0v) is 10.6. The Morgan fingerprint density at radius 1 is 1.50 bits per heavy atom. The predicted molar refractivity (Wildman–Crippen MR) is 68.8 cm³/mol. The standard InChI is InChI=1S/C12H13N3O2S/c1-8(12-14-5-6-18-12)7-15-11(17)10-9(16)3-2-4-13-10/h2-6,8,16H,7H2,1H3,(H,15,17). The lowest BCUT2D eigenvalue weighted by atomic mass is 10.2. The molecule has 0 bridgehead atoms. The monoisotopic (exact) mass is 263 g/mol. The van der Waals surface area contributed by atoms with Crippen molar-refractivity contribution in [1.29, 1.82) is 0 Å². The number of rotatable bonds is 4. The van der Waals surface area contributed by atoms with Crippen molar-refractivity contribution in [2.24, 2.45) is 0 Å². The number of aromatic hydroxyl groups is 1. The lowest BCUT2D eigenvalue weighted by molar-refractivity contribution is 0.0943. The second-order valence-corrected chi connectivity index (χ2v) is 4.78. The third-order valence-corrected chi connectivity index (χ3v) is 3.45. The van der Waals surface area contributed by atoms with Crippen LogP contribution < -0.4 is 5.32 Å². The van der Waals surface area contributed by atoms with Crippen LogP contribution in [0.1, 0.15) is 28.3 Å². The van der Waals surface area contributed by atoms with Gasteiger partial charge in [-0.3, -0.25) is 4.79 Å². The Morgan fingerprint density at radius 2 is 2.33 bits per heavy atom. The van der Waals surface area contributed by atoms with Gasteiger partial charge in [0.15, 0.2) is 5.69 Å². The Balaban J connectivity index is 1.95. The van der Waals surface area contributed by atoms with Crippen LogP contribution in [0.2, 0.25) is 0 Å². The van der Waals surface area contributed by atoms with E-state index in [4.69, 9.17) is 0 Å². The molecule has 2 aromatic rings. The zero-order valence-electron chi connectivity index (χ0n) is 9.83. The summed E-state index contributed by atoms with van der Waals surface area (Å²) in [5, 5.41) is 15.1. The summed E-state index contributed by atoms with van der Waals surface area (Å²) < 4.78 is 0. The highest BCUT2D eigenvalue weighted by Gasteiger charge is 2.14. The Bertz CT molecular complexity index is 528. The normalized spacial score (nSPS) is 12.1. The van der Waals surface area contributed by atoms with E-state index < -0.39 is 0 Å². The molecule has 0 radical (unpaired) electrons. The van der Waals surface area contributed by atoms with Crippen LogP contribution in [0.3, 0.4) is 0 Å². The summed E-state index contributed by atoms with van der Waals surface area (Å²) in [7, 11) is 0. The third-order valence-electron chi connectivity index (χ3n) is 2.44. The van der Waals surface area contributed by atoms with E-state index in [-0.39, 0.29) is 23.3 Å². The fourth-order valence-electron chi connectivity index (χ4n) is 1.47. The van der Waals surface area contributed by atoms with E-state index in [0.717, 1.165) is 5.01 Å². The molecule has 0 aliphatic rings. The minimum atomic E-state index is -0.378. The molecule has 1 atom stereocenters. The number of aromatic nitrogens is 2. The minimum absolute atomic E-state index is 0.0452. The number of thiazole rings is 1. The molecular weight excluding hydrogens is 250 g/mol. The number of amides is 1. The summed E-state index contributed by atoms with van der Waals surface area (Å²) in [5.41, 5.74) is 0.0452. The van der Waals surface area contributed by atoms with Crippen molar-refractivity contribution in [3.05, 3.63) is 40.6 Å². The van der Waals surface area contributed by atoms with Crippen LogP contribution in [0.15, 0.2) is 29.9 Å². The van der Waals surface area contributed by atoms with Crippen LogP contribution in [0.4, 0.5) is 0 Å². The SMILES string of the molecule is CC(CNC(=O)c1ncccc1O)c1nccs1. The van der Waals surface area contributed by atoms with Gasteiger partial charge in [-0.2, -0.15) is 0 Å². The molecule has 94 valence electrons. The van der Waals surface area contributed by atoms with Crippen LogP contribution in [0.25, 0.3) is 0 Å². The van der Waals surface area contributed by atoms with E-state index in [1.807, 2.05) is 12.3 Å². The molecule has 18 heavy (non-hydrogen) atoms. The zero-order chi connectivity index (χ0) is 13.0. The quantitative estimate of drug-likeness (QED) is 0.881. The molecule has 1 amide bonds. The maximum Gasteiger partial charge on any atom is 0.273 e. The lowest BCUT2D eigenvalue weighted by Gasteiger charge is -2.10. The van der Waals surface area contributed by atoms with Crippen molar-refractivity contribution in [3.63, 3.8) is 0 Å². The second kappa shape index (κ2) is 5.59. The molecule has 2 rings (SSSR count). The first kappa shape index (κ1) is 12.5. The molecule has 0 saturated heterocycles. The topological polar surface area (TPSA) is 75.1 Å². The van der Waals surface area contributed by atoms with Gasteiger partial charge in [0.1, 0.15) is 5.75 Å². The molecule has 0 spiro atoms. The lowest BCUT2D eigenvalue weighted by Crippen LogP contribution is -2.28. The van der Waals surface area contributed by atoms with Gasteiger partial charge >= 0.3 is 0 Å². The number of nitrogens with one attached hydrogen (secondary N) is 1. The van der Waals surface area contributed by atoms with Gasteiger partial charge in [0.05, 0.1) is 5.01 Å². The Kier molecular flexibility index (Phi) is 3.88. The van der Waals surface area contributed by atoms with Crippen LogP contribution in [-0.4, -0.2) is 27.5 Å². The first-order chi connectivity index (χ1) is 8.68. The predicted octanol–water partition coefficient (Wildman–Crippen LogP) is 1.78. The molecule has 0 aliphatic heterocycles. The molecule has 0 fully saturated rings. The number of hydrogen-bond acceptors (Lipinski definition) is 5. The maximum absolute atomic E-state index is 11.8. The van der Waals surface area contributed by atoms with Gasteiger partial charge in [-0.15, -0.1) is 11.3 Å². The molecule has 0 aromatic carbocycles. The molecule has 2 aromatic heterocycles. The van der Waals surface area contributed by atoms with Crippen molar-refractivity contribution < 1.29 is 9.90 Å². The molecule has 1 unspecified atom stereocenters. The van der Waals surface area contributed by atoms with Gasteiger partial charge < -0.3 is 10.4 Å². The smallest absolute Gasteiger partial charge is 0.273 e. The number of nitrogens with zero attached hydrogens (tertiary/aromatic N) is 2. The van der Waals surface area contributed by atoms with Gasteiger partial charge in [-0.25, -0.2) is 9.97 Å². The van der Waals surface area contributed by atoms with E-state index >= 15 is 0 Å². The minimum Gasteiger partial charge on any atom is -0.505 e. The highest BCUT2D eigenvalue weighted by Crippen LogP contribution is 2.17. The number of pyridine rings is 1. The molecule has 2 N–H and O–H groups in total. The summed E-state index contributed by atoms with van der Waals surface area (Å²) in [6.07, 6.45) is 3.21. The molecule has 5 nitrogen and oxygen atoms in total. The van der Waals surface area contributed by atoms with E-state index in [2.05, 4.69) is 15.3 Å². The van der Waals surface area contributed by atoms with Crippen molar-refractivity contribution in [1.82, 2.24) is 15.3 Å².